The SMILES string of the molecule is CCn1cnnc1CNC(=O)[C@H]1CCCN1C(C)=O. The van der Waals surface area contributed by atoms with Crippen LogP contribution in [0.25, 0.3) is 0 Å². The highest BCUT2D eigenvalue weighted by Gasteiger charge is 2.32. The predicted octanol–water partition coefficient (Wildman–Crippen LogP) is -0.0749. The van der Waals surface area contributed by atoms with Crippen molar-refractivity contribution in [3.63, 3.8) is 0 Å². The first kappa shape index (κ1) is 13.5. The normalized spacial score (nSPS) is 18.6. The van der Waals surface area contributed by atoms with Gasteiger partial charge in [0.05, 0.1) is 6.54 Å². The van der Waals surface area contributed by atoms with Gasteiger partial charge in [0, 0.05) is 20.0 Å². The van der Waals surface area contributed by atoms with Crippen LogP contribution >= 0.6 is 0 Å². The van der Waals surface area contributed by atoms with Gasteiger partial charge in [-0.3, -0.25) is 9.59 Å². The zero-order valence-electron chi connectivity index (χ0n) is 11.3. The zero-order chi connectivity index (χ0) is 13.8. The maximum absolute atomic E-state index is 12.1. The van der Waals surface area contributed by atoms with Gasteiger partial charge >= 0.3 is 0 Å². The van der Waals surface area contributed by atoms with Gasteiger partial charge in [0.1, 0.15) is 12.4 Å². The molecule has 1 aromatic rings. The fourth-order valence-corrected chi connectivity index (χ4v) is 2.38. The topological polar surface area (TPSA) is 80.1 Å². The van der Waals surface area contributed by atoms with E-state index in [1.165, 1.54) is 6.92 Å². The van der Waals surface area contributed by atoms with E-state index in [0.29, 0.717) is 13.1 Å². The number of hydrogen-bond acceptors (Lipinski definition) is 4. The van der Waals surface area contributed by atoms with Crippen LogP contribution in [0.2, 0.25) is 0 Å². The molecule has 7 heteroatoms. The van der Waals surface area contributed by atoms with Crippen molar-refractivity contribution < 1.29 is 9.59 Å². The summed E-state index contributed by atoms with van der Waals surface area (Å²) in [5.74, 6) is 0.566. The minimum atomic E-state index is -0.338. The number of nitrogens with one attached hydrogen (secondary N) is 1. The van der Waals surface area contributed by atoms with Crippen LogP contribution in [0.1, 0.15) is 32.5 Å². The van der Waals surface area contributed by atoms with Crippen LogP contribution in [0, 0.1) is 0 Å². The Morgan fingerprint density at radius 2 is 2.32 bits per heavy atom. The average molecular weight is 265 g/mol. The lowest BCUT2D eigenvalue weighted by molar-refractivity contribution is -0.136. The summed E-state index contributed by atoms with van der Waals surface area (Å²) in [7, 11) is 0. The Balaban J connectivity index is 1.92. The van der Waals surface area contributed by atoms with Crippen molar-refractivity contribution >= 4 is 11.8 Å². The van der Waals surface area contributed by atoms with Crippen molar-refractivity contribution in [3.8, 4) is 0 Å². The van der Waals surface area contributed by atoms with Crippen molar-refractivity contribution in [1.29, 1.82) is 0 Å². The summed E-state index contributed by atoms with van der Waals surface area (Å²) in [6.07, 6.45) is 3.24. The van der Waals surface area contributed by atoms with Crippen molar-refractivity contribution in [1.82, 2.24) is 25.0 Å². The Hall–Kier alpha value is -1.92. The second-order valence-corrected chi connectivity index (χ2v) is 4.62. The molecule has 1 saturated heterocycles. The predicted molar refractivity (Wildman–Crippen MR) is 68.0 cm³/mol. The number of nitrogens with zero attached hydrogens (tertiary/aromatic N) is 4. The van der Waals surface area contributed by atoms with E-state index >= 15 is 0 Å². The van der Waals surface area contributed by atoms with E-state index in [1.54, 1.807) is 11.2 Å². The molecule has 0 aromatic carbocycles. The fraction of sp³-hybridized carbons (Fsp3) is 0.667. The summed E-state index contributed by atoms with van der Waals surface area (Å²) in [5.41, 5.74) is 0. The van der Waals surface area contributed by atoms with E-state index in [2.05, 4.69) is 15.5 Å². The van der Waals surface area contributed by atoms with E-state index in [0.717, 1.165) is 25.2 Å². The first-order chi connectivity index (χ1) is 9.13. The van der Waals surface area contributed by atoms with E-state index in [-0.39, 0.29) is 17.9 Å². The highest BCUT2D eigenvalue weighted by molar-refractivity contribution is 5.87. The van der Waals surface area contributed by atoms with Crippen LogP contribution in [0.4, 0.5) is 0 Å². The number of aryl methyl sites for hydroxylation is 1. The minimum absolute atomic E-state index is 0.0469. The van der Waals surface area contributed by atoms with Gasteiger partial charge in [-0.1, -0.05) is 0 Å². The summed E-state index contributed by atoms with van der Waals surface area (Å²) in [6.45, 7) is 5.26. The van der Waals surface area contributed by atoms with Gasteiger partial charge in [-0.05, 0) is 19.8 Å². The van der Waals surface area contributed by atoms with Gasteiger partial charge in [0.25, 0.3) is 0 Å². The maximum atomic E-state index is 12.1. The second-order valence-electron chi connectivity index (χ2n) is 4.62. The average Bonchev–Trinajstić information content (AvgIpc) is 3.04. The van der Waals surface area contributed by atoms with Crippen LogP contribution in [0.5, 0.6) is 0 Å². The molecule has 104 valence electrons. The molecule has 1 aliphatic heterocycles. The molecule has 1 atom stereocenters. The molecule has 1 aromatic heterocycles. The van der Waals surface area contributed by atoms with Crippen LogP contribution in [-0.4, -0.2) is 44.1 Å². The molecule has 1 N–H and O–H groups in total. The maximum Gasteiger partial charge on any atom is 0.243 e. The van der Waals surface area contributed by atoms with Crippen LogP contribution in [0.3, 0.4) is 0 Å². The number of hydrogen-bond donors (Lipinski definition) is 1. The van der Waals surface area contributed by atoms with Crippen molar-refractivity contribution in [2.24, 2.45) is 0 Å². The first-order valence-electron chi connectivity index (χ1n) is 6.55. The lowest BCUT2D eigenvalue weighted by Gasteiger charge is -2.22. The monoisotopic (exact) mass is 265 g/mol. The summed E-state index contributed by atoms with van der Waals surface area (Å²) < 4.78 is 1.87. The Bertz CT molecular complexity index is 470. The third-order valence-corrected chi connectivity index (χ3v) is 3.42. The van der Waals surface area contributed by atoms with Crippen molar-refractivity contribution in [2.45, 2.75) is 45.8 Å². The molecule has 2 amide bonds. The number of likely N-dealkylation sites (tertiary alicyclic amines) is 1. The van der Waals surface area contributed by atoms with E-state index in [4.69, 9.17) is 0 Å². The molecule has 2 rings (SSSR count). The van der Waals surface area contributed by atoms with Crippen LogP contribution in [0.15, 0.2) is 6.33 Å². The summed E-state index contributed by atoms with van der Waals surface area (Å²) in [4.78, 5) is 25.1. The molecule has 0 unspecified atom stereocenters. The third kappa shape index (κ3) is 2.91. The molecule has 2 heterocycles. The van der Waals surface area contributed by atoms with Gasteiger partial charge in [-0.25, -0.2) is 0 Å². The highest BCUT2D eigenvalue weighted by atomic mass is 16.2. The third-order valence-electron chi connectivity index (χ3n) is 3.42. The molecular weight excluding hydrogens is 246 g/mol. The number of rotatable bonds is 4. The van der Waals surface area contributed by atoms with Crippen molar-refractivity contribution in [2.75, 3.05) is 6.54 Å². The standard InChI is InChI=1S/C12H19N5O2/c1-3-16-8-14-15-11(16)7-13-12(19)10-5-4-6-17(10)9(2)18/h8,10H,3-7H2,1-2H3,(H,13,19)/t10-/m1/s1. The quantitative estimate of drug-likeness (QED) is 0.826. The molecule has 7 nitrogen and oxygen atoms in total. The number of carbonyl (C=O) groups is 2. The molecule has 1 fully saturated rings. The first-order valence-corrected chi connectivity index (χ1v) is 6.55. The summed E-state index contributed by atoms with van der Waals surface area (Å²) in [5, 5.41) is 10.6. The van der Waals surface area contributed by atoms with Gasteiger partial charge in [-0.2, -0.15) is 0 Å². The Morgan fingerprint density at radius 3 is 3.00 bits per heavy atom. The number of carbonyl (C=O) groups excluding carboxylic acids is 2. The Morgan fingerprint density at radius 1 is 1.53 bits per heavy atom. The Kier molecular flexibility index (Phi) is 4.13. The molecule has 19 heavy (non-hydrogen) atoms. The van der Waals surface area contributed by atoms with Crippen molar-refractivity contribution in [3.05, 3.63) is 12.2 Å². The van der Waals surface area contributed by atoms with Crippen LogP contribution in [-0.2, 0) is 22.7 Å². The zero-order valence-corrected chi connectivity index (χ0v) is 11.3. The van der Waals surface area contributed by atoms with Gasteiger partial charge in [-0.15, -0.1) is 10.2 Å². The number of aromatic nitrogens is 3. The fourth-order valence-electron chi connectivity index (χ4n) is 2.38. The van der Waals surface area contributed by atoms with E-state index in [1.807, 2.05) is 11.5 Å². The molecule has 0 saturated carbocycles. The number of amides is 2. The van der Waals surface area contributed by atoms with Gasteiger partial charge < -0.3 is 14.8 Å². The molecule has 1 aliphatic rings. The van der Waals surface area contributed by atoms with Gasteiger partial charge in [0.15, 0.2) is 5.82 Å². The van der Waals surface area contributed by atoms with Crippen LogP contribution < -0.4 is 5.32 Å². The molecule has 0 bridgehead atoms. The summed E-state index contributed by atoms with van der Waals surface area (Å²) >= 11 is 0. The second kappa shape index (κ2) is 5.81. The van der Waals surface area contributed by atoms with E-state index < -0.39 is 0 Å². The molecule has 0 aliphatic carbocycles. The lowest BCUT2D eigenvalue weighted by atomic mass is 10.2. The minimum Gasteiger partial charge on any atom is -0.347 e. The molecule has 0 radical (unpaired) electrons. The van der Waals surface area contributed by atoms with Gasteiger partial charge in [0.2, 0.25) is 11.8 Å². The summed E-state index contributed by atoms with van der Waals surface area (Å²) in [6, 6.07) is -0.338. The highest BCUT2D eigenvalue weighted by Crippen LogP contribution is 2.17. The smallest absolute Gasteiger partial charge is 0.243 e. The largest absolute Gasteiger partial charge is 0.347 e. The molecular formula is C12H19N5O2. The van der Waals surface area contributed by atoms with E-state index in [9.17, 15) is 9.59 Å². The molecule has 0 spiro atoms. The lowest BCUT2D eigenvalue weighted by Crippen LogP contribution is -2.45. The Labute approximate surface area is 112 Å².